The van der Waals surface area contributed by atoms with E-state index < -0.39 is 5.97 Å². The van der Waals surface area contributed by atoms with Gasteiger partial charge in [-0.2, -0.15) is 0 Å². The van der Waals surface area contributed by atoms with Crippen LogP contribution in [0.4, 0.5) is 0 Å². The molecule has 1 aliphatic heterocycles. The fraction of sp³-hybridized carbons (Fsp3) is 0.588. The summed E-state index contributed by atoms with van der Waals surface area (Å²) in [5, 5.41) is 13.1. The lowest BCUT2D eigenvalue weighted by Crippen LogP contribution is -2.38. The third-order valence-corrected chi connectivity index (χ3v) is 4.92. The SMILES string of the molecule is O=C(O)c1cccc2c1CC(C1CCCCCN1)CC2. The molecular weight excluding hydrogens is 250 g/mol. The summed E-state index contributed by atoms with van der Waals surface area (Å²) >= 11 is 0. The molecule has 1 aromatic carbocycles. The minimum Gasteiger partial charge on any atom is -0.478 e. The number of hydrogen-bond donors (Lipinski definition) is 2. The molecule has 1 aliphatic carbocycles. The van der Waals surface area contributed by atoms with Gasteiger partial charge in [0.25, 0.3) is 0 Å². The van der Waals surface area contributed by atoms with Crippen LogP contribution in [-0.2, 0) is 12.8 Å². The first-order valence-corrected chi connectivity index (χ1v) is 7.83. The summed E-state index contributed by atoms with van der Waals surface area (Å²) in [6.45, 7) is 1.12. The first kappa shape index (κ1) is 13.6. The minimum atomic E-state index is -0.781. The molecule has 108 valence electrons. The largest absolute Gasteiger partial charge is 0.478 e. The van der Waals surface area contributed by atoms with E-state index in [9.17, 15) is 9.90 Å². The van der Waals surface area contributed by atoms with E-state index in [0.29, 0.717) is 17.5 Å². The summed E-state index contributed by atoms with van der Waals surface area (Å²) in [7, 11) is 0. The van der Waals surface area contributed by atoms with Crippen molar-refractivity contribution in [3.8, 4) is 0 Å². The summed E-state index contributed by atoms with van der Waals surface area (Å²) in [5.74, 6) is -0.183. The summed E-state index contributed by atoms with van der Waals surface area (Å²) < 4.78 is 0. The van der Waals surface area contributed by atoms with Gasteiger partial charge >= 0.3 is 5.97 Å². The normalized spacial score (nSPS) is 26.6. The highest BCUT2D eigenvalue weighted by molar-refractivity contribution is 5.89. The quantitative estimate of drug-likeness (QED) is 0.871. The number of benzene rings is 1. The standard InChI is InChI=1S/C17H23NO2/c19-17(20)14-6-4-5-12-8-9-13(11-15(12)14)16-7-2-1-3-10-18-16/h4-6,13,16,18H,1-3,7-11H2,(H,19,20). The lowest BCUT2D eigenvalue weighted by molar-refractivity contribution is 0.0694. The second-order valence-corrected chi connectivity index (χ2v) is 6.16. The van der Waals surface area contributed by atoms with E-state index in [0.717, 1.165) is 24.9 Å². The van der Waals surface area contributed by atoms with Crippen molar-refractivity contribution in [3.63, 3.8) is 0 Å². The van der Waals surface area contributed by atoms with Gasteiger partial charge in [0.15, 0.2) is 0 Å². The van der Waals surface area contributed by atoms with Crippen molar-refractivity contribution in [2.75, 3.05) is 6.54 Å². The molecule has 1 fully saturated rings. The average Bonchev–Trinajstić information content (AvgIpc) is 2.75. The van der Waals surface area contributed by atoms with Crippen molar-refractivity contribution in [2.24, 2.45) is 5.92 Å². The lowest BCUT2D eigenvalue weighted by Gasteiger charge is -2.32. The first-order chi connectivity index (χ1) is 9.75. The van der Waals surface area contributed by atoms with E-state index >= 15 is 0 Å². The van der Waals surface area contributed by atoms with Gasteiger partial charge in [-0.05, 0) is 61.8 Å². The Kier molecular flexibility index (Phi) is 4.06. The Morgan fingerprint density at radius 3 is 2.95 bits per heavy atom. The average molecular weight is 273 g/mol. The van der Waals surface area contributed by atoms with Gasteiger partial charge in [0, 0.05) is 6.04 Å². The molecule has 20 heavy (non-hydrogen) atoms. The van der Waals surface area contributed by atoms with Crippen molar-refractivity contribution < 1.29 is 9.90 Å². The van der Waals surface area contributed by atoms with Gasteiger partial charge in [-0.25, -0.2) is 4.79 Å². The number of carboxylic acids is 1. The van der Waals surface area contributed by atoms with Crippen molar-refractivity contribution in [2.45, 2.75) is 51.0 Å². The maximum absolute atomic E-state index is 11.4. The second-order valence-electron chi connectivity index (χ2n) is 6.16. The predicted octanol–water partition coefficient (Wildman–Crippen LogP) is 3.02. The molecule has 0 radical (unpaired) electrons. The highest BCUT2D eigenvalue weighted by atomic mass is 16.4. The van der Waals surface area contributed by atoms with Crippen LogP contribution in [0.3, 0.4) is 0 Å². The van der Waals surface area contributed by atoms with Crippen LogP contribution in [0.25, 0.3) is 0 Å². The smallest absolute Gasteiger partial charge is 0.335 e. The number of carbonyl (C=O) groups is 1. The number of nitrogens with one attached hydrogen (secondary N) is 1. The zero-order valence-electron chi connectivity index (χ0n) is 11.9. The van der Waals surface area contributed by atoms with Crippen LogP contribution >= 0.6 is 0 Å². The molecule has 2 unspecified atom stereocenters. The van der Waals surface area contributed by atoms with Gasteiger partial charge in [-0.1, -0.05) is 25.0 Å². The molecule has 1 aromatic rings. The minimum absolute atomic E-state index is 0.515. The molecule has 0 amide bonds. The van der Waals surface area contributed by atoms with Crippen LogP contribution < -0.4 is 5.32 Å². The van der Waals surface area contributed by atoms with Gasteiger partial charge in [0.1, 0.15) is 0 Å². The molecule has 3 nitrogen and oxygen atoms in total. The first-order valence-electron chi connectivity index (χ1n) is 7.83. The zero-order chi connectivity index (χ0) is 13.9. The molecule has 0 aromatic heterocycles. The van der Waals surface area contributed by atoms with E-state index in [1.165, 1.54) is 37.7 Å². The molecule has 3 rings (SSSR count). The lowest BCUT2D eigenvalue weighted by atomic mass is 9.77. The highest BCUT2D eigenvalue weighted by Crippen LogP contribution is 2.32. The maximum Gasteiger partial charge on any atom is 0.335 e. The Hall–Kier alpha value is -1.35. The van der Waals surface area contributed by atoms with Crippen LogP contribution in [0.2, 0.25) is 0 Å². The van der Waals surface area contributed by atoms with Crippen LogP contribution in [0, 0.1) is 5.92 Å². The van der Waals surface area contributed by atoms with E-state index in [1.807, 2.05) is 6.07 Å². The van der Waals surface area contributed by atoms with Crippen LogP contribution in [0.15, 0.2) is 18.2 Å². The Bertz CT molecular complexity index is 490. The third kappa shape index (κ3) is 2.73. The van der Waals surface area contributed by atoms with Crippen molar-refractivity contribution in [1.82, 2.24) is 5.32 Å². The molecule has 2 atom stereocenters. The van der Waals surface area contributed by atoms with Gasteiger partial charge in [0.2, 0.25) is 0 Å². The van der Waals surface area contributed by atoms with Crippen LogP contribution in [-0.4, -0.2) is 23.7 Å². The maximum atomic E-state index is 11.4. The fourth-order valence-electron chi connectivity index (χ4n) is 3.82. The van der Waals surface area contributed by atoms with Crippen molar-refractivity contribution >= 4 is 5.97 Å². The van der Waals surface area contributed by atoms with E-state index in [2.05, 4.69) is 11.4 Å². The Morgan fingerprint density at radius 2 is 2.10 bits per heavy atom. The summed E-state index contributed by atoms with van der Waals surface area (Å²) in [6, 6.07) is 6.31. The molecule has 0 saturated carbocycles. The molecular formula is C17H23NO2. The third-order valence-electron chi connectivity index (χ3n) is 4.92. The van der Waals surface area contributed by atoms with Crippen molar-refractivity contribution in [3.05, 3.63) is 34.9 Å². The summed E-state index contributed by atoms with van der Waals surface area (Å²) in [4.78, 5) is 11.4. The molecule has 2 aliphatic rings. The summed E-state index contributed by atoms with van der Waals surface area (Å²) in [5.41, 5.74) is 2.85. The highest BCUT2D eigenvalue weighted by Gasteiger charge is 2.28. The molecule has 0 bridgehead atoms. The van der Waals surface area contributed by atoms with E-state index in [1.54, 1.807) is 6.07 Å². The molecule has 1 heterocycles. The molecule has 2 N–H and O–H groups in total. The monoisotopic (exact) mass is 273 g/mol. The number of hydrogen-bond acceptors (Lipinski definition) is 2. The van der Waals surface area contributed by atoms with Crippen molar-refractivity contribution in [1.29, 1.82) is 0 Å². The second kappa shape index (κ2) is 5.96. The molecule has 0 spiro atoms. The van der Waals surface area contributed by atoms with Gasteiger partial charge in [-0.15, -0.1) is 0 Å². The van der Waals surface area contributed by atoms with E-state index in [4.69, 9.17) is 0 Å². The number of aromatic carboxylic acids is 1. The Balaban J connectivity index is 1.81. The Labute approximate surface area is 120 Å². The van der Waals surface area contributed by atoms with Crippen LogP contribution in [0.5, 0.6) is 0 Å². The predicted molar refractivity (Wildman–Crippen MR) is 79.2 cm³/mol. The fourth-order valence-corrected chi connectivity index (χ4v) is 3.82. The molecule has 3 heteroatoms. The van der Waals surface area contributed by atoms with Gasteiger partial charge < -0.3 is 10.4 Å². The zero-order valence-corrected chi connectivity index (χ0v) is 11.9. The Morgan fingerprint density at radius 1 is 1.20 bits per heavy atom. The topological polar surface area (TPSA) is 49.3 Å². The van der Waals surface area contributed by atoms with Gasteiger partial charge in [-0.3, -0.25) is 0 Å². The number of rotatable bonds is 2. The van der Waals surface area contributed by atoms with Crippen LogP contribution in [0.1, 0.15) is 53.6 Å². The molecule has 1 saturated heterocycles. The van der Waals surface area contributed by atoms with E-state index in [-0.39, 0.29) is 0 Å². The summed E-state index contributed by atoms with van der Waals surface area (Å²) in [6.07, 6.45) is 8.30. The number of carboxylic acid groups (broad SMARTS) is 1. The van der Waals surface area contributed by atoms with Gasteiger partial charge in [0.05, 0.1) is 5.56 Å². The number of fused-ring (bicyclic) bond motifs is 1. The number of aryl methyl sites for hydroxylation is 1.